The fourth-order valence-corrected chi connectivity index (χ4v) is 4.51. The molecule has 1 aliphatic rings. The average Bonchev–Trinajstić information content (AvgIpc) is 3.41. The van der Waals surface area contributed by atoms with Crippen LogP contribution in [0.1, 0.15) is 24.2 Å². The van der Waals surface area contributed by atoms with Gasteiger partial charge >= 0.3 is 6.03 Å². The quantitative estimate of drug-likeness (QED) is 0.341. The van der Waals surface area contributed by atoms with Gasteiger partial charge in [-0.1, -0.05) is 38.1 Å². The molecule has 3 heterocycles. The zero-order valence-corrected chi connectivity index (χ0v) is 23.4. The maximum Gasteiger partial charge on any atom is 0.322 e. The lowest BCUT2D eigenvalue weighted by Crippen LogP contribution is -2.51. The number of aromatic amines is 1. The lowest BCUT2D eigenvalue weighted by atomic mass is 9.99. The van der Waals surface area contributed by atoms with Crippen LogP contribution in [0.5, 0.6) is 5.75 Å². The summed E-state index contributed by atoms with van der Waals surface area (Å²) in [6.07, 6.45) is 3.65. The summed E-state index contributed by atoms with van der Waals surface area (Å²) in [4.78, 5) is 48.3. The number of carbonyl (C=O) groups excluding carboxylic acids is 3. The van der Waals surface area contributed by atoms with E-state index in [1.807, 2.05) is 56.4 Å². The first kappa shape index (κ1) is 28.2. The number of ether oxygens (including phenoxy) is 1. The monoisotopic (exact) mass is 542 g/mol. The maximum absolute atomic E-state index is 13.1. The van der Waals surface area contributed by atoms with Gasteiger partial charge in [-0.2, -0.15) is 0 Å². The van der Waals surface area contributed by atoms with E-state index in [0.717, 1.165) is 39.0 Å². The van der Waals surface area contributed by atoms with E-state index in [0.29, 0.717) is 24.3 Å². The number of hydrogen-bond acceptors (Lipinski definition) is 5. The number of fused-ring (bicyclic) bond motifs is 1. The van der Waals surface area contributed by atoms with Crippen LogP contribution in [0.4, 0.5) is 10.5 Å². The first-order chi connectivity index (χ1) is 19.4. The number of amides is 4. The van der Waals surface area contributed by atoms with Crippen molar-refractivity contribution in [3.63, 3.8) is 0 Å². The van der Waals surface area contributed by atoms with Crippen molar-refractivity contribution in [2.75, 3.05) is 46.2 Å². The maximum atomic E-state index is 13.1. The third-order valence-corrected chi connectivity index (χ3v) is 6.48. The number of piperazine rings is 1. The summed E-state index contributed by atoms with van der Waals surface area (Å²) in [7, 11) is 4.95. The number of methoxy groups -OCH3 is 1. The fourth-order valence-electron chi connectivity index (χ4n) is 4.51. The molecule has 4 aromatic rings. The second-order valence-corrected chi connectivity index (χ2v) is 9.18. The molecular weight excluding hydrogens is 508 g/mol. The first-order valence-corrected chi connectivity index (χ1v) is 13.1. The van der Waals surface area contributed by atoms with Crippen molar-refractivity contribution < 1.29 is 19.1 Å². The highest BCUT2D eigenvalue weighted by molar-refractivity contribution is 6.05. The Hall–Kier alpha value is -4.86. The van der Waals surface area contributed by atoms with Crippen LogP contribution in [0.2, 0.25) is 0 Å². The molecule has 5 rings (SSSR count). The Bertz CT molecular complexity index is 1540. The molecule has 1 fully saturated rings. The predicted molar refractivity (Wildman–Crippen MR) is 156 cm³/mol. The van der Waals surface area contributed by atoms with Crippen LogP contribution in [0, 0.1) is 0 Å². The number of hydrogen-bond donors (Lipinski definition) is 3. The van der Waals surface area contributed by atoms with Gasteiger partial charge in [0.05, 0.1) is 18.4 Å². The summed E-state index contributed by atoms with van der Waals surface area (Å²) in [5.41, 5.74) is 4.90. The lowest BCUT2D eigenvalue weighted by Gasteiger charge is -2.27. The van der Waals surface area contributed by atoms with E-state index in [9.17, 15) is 14.4 Å². The van der Waals surface area contributed by atoms with Crippen molar-refractivity contribution in [3.05, 3.63) is 66.5 Å². The molecule has 0 spiro atoms. The van der Waals surface area contributed by atoms with Crippen LogP contribution < -0.4 is 15.4 Å². The minimum atomic E-state index is -0.433. The molecule has 1 saturated heterocycles. The Morgan fingerprint density at radius 1 is 1.05 bits per heavy atom. The number of nitrogens with one attached hydrogen (secondary N) is 3. The molecule has 3 N–H and O–H groups in total. The van der Waals surface area contributed by atoms with Crippen molar-refractivity contribution in [2.45, 2.75) is 13.8 Å². The number of rotatable bonds is 5. The van der Waals surface area contributed by atoms with E-state index in [4.69, 9.17) is 4.74 Å². The minimum Gasteiger partial charge on any atom is -0.496 e. The molecular formula is C30H34N6O4. The van der Waals surface area contributed by atoms with Crippen LogP contribution in [0.25, 0.3) is 33.3 Å². The molecule has 2 aromatic carbocycles. The van der Waals surface area contributed by atoms with Gasteiger partial charge in [0.1, 0.15) is 17.9 Å². The molecule has 0 radical (unpaired) electrons. The van der Waals surface area contributed by atoms with E-state index in [1.165, 1.54) is 9.80 Å². The molecule has 10 nitrogen and oxygen atoms in total. The molecule has 0 saturated carbocycles. The van der Waals surface area contributed by atoms with E-state index in [1.54, 1.807) is 39.5 Å². The van der Waals surface area contributed by atoms with Crippen molar-refractivity contribution in [1.82, 2.24) is 25.1 Å². The number of para-hydroxylation sites is 1. The molecule has 208 valence electrons. The summed E-state index contributed by atoms with van der Waals surface area (Å²) < 4.78 is 5.56. The Morgan fingerprint density at radius 2 is 1.82 bits per heavy atom. The number of nitrogens with zero attached hydrogens (tertiary/aromatic N) is 3. The lowest BCUT2D eigenvalue weighted by molar-refractivity contribution is -0.123. The van der Waals surface area contributed by atoms with Crippen molar-refractivity contribution in [3.8, 4) is 28.0 Å². The van der Waals surface area contributed by atoms with Gasteiger partial charge in [-0.3, -0.25) is 9.59 Å². The molecule has 10 heteroatoms. The number of urea groups is 1. The Balaban J connectivity index is 0.00000181. The van der Waals surface area contributed by atoms with E-state index in [2.05, 4.69) is 20.6 Å². The number of pyridine rings is 1. The Morgan fingerprint density at radius 3 is 2.55 bits per heavy atom. The van der Waals surface area contributed by atoms with Gasteiger partial charge in [0.15, 0.2) is 0 Å². The van der Waals surface area contributed by atoms with E-state index in [-0.39, 0.29) is 18.4 Å². The van der Waals surface area contributed by atoms with Crippen LogP contribution in [0.15, 0.2) is 60.9 Å². The summed E-state index contributed by atoms with van der Waals surface area (Å²) in [6.45, 7) is 4.75. The summed E-state index contributed by atoms with van der Waals surface area (Å²) in [5, 5.41) is 6.42. The normalized spacial score (nSPS) is 12.7. The minimum absolute atomic E-state index is 0.0300. The van der Waals surface area contributed by atoms with Crippen LogP contribution in [-0.2, 0) is 4.79 Å². The topological polar surface area (TPSA) is 120 Å². The second-order valence-electron chi connectivity index (χ2n) is 9.18. The molecule has 40 heavy (non-hydrogen) atoms. The largest absolute Gasteiger partial charge is 0.496 e. The van der Waals surface area contributed by atoms with Gasteiger partial charge in [0.25, 0.3) is 5.91 Å². The smallest absolute Gasteiger partial charge is 0.322 e. The number of carbonyl (C=O) groups is 3. The van der Waals surface area contributed by atoms with Crippen LogP contribution in [0.3, 0.4) is 0 Å². The van der Waals surface area contributed by atoms with Gasteiger partial charge in [-0.25, -0.2) is 9.78 Å². The zero-order valence-electron chi connectivity index (χ0n) is 23.4. The van der Waals surface area contributed by atoms with Gasteiger partial charge in [0, 0.05) is 61.7 Å². The molecule has 0 bridgehead atoms. The van der Waals surface area contributed by atoms with Crippen molar-refractivity contribution >= 4 is 34.6 Å². The van der Waals surface area contributed by atoms with Gasteiger partial charge in [-0.15, -0.1) is 0 Å². The van der Waals surface area contributed by atoms with Crippen LogP contribution in [-0.4, -0.2) is 78.5 Å². The molecule has 0 aliphatic carbocycles. The number of aromatic nitrogens is 2. The highest BCUT2D eigenvalue weighted by Gasteiger charge is 2.23. The highest BCUT2D eigenvalue weighted by atomic mass is 16.5. The number of H-pyrrole nitrogens is 1. The standard InChI is InChI=1S/C28H28N6O4.C2H6/c1-33(2)27(36)21-12-17(8-9-23(21)32-28(37)34-11-10-29-25(35)16-34)18-13-20-22(15-31-26(20)30-14-18)19-6-4-5-7-24(19)38-3;1-2/h4-9,12-15H,10-11,16H2,1-3H3,(H,29,35)(H,30,31)(H,32,37);1-2H3. The number of benzene rings is 2. The second kappa shape index (κ2) is 12.3. The fraction of sp³-hybridized carbons (Fsp3) is 0.267. The molecule has 1 aliphatic heterocycles. The van der Waals surface area contributed by atoms with Crippen LogP contribution >= 0.6 is 0 Å². The van der Waals surface area contributed by atoms with Crippen molar-refractivity contribution in [2.24, 2.45) is 0 Å². The SMILES string of the molecule is CC.COc1ccccc1-c1c[nH]c2ncc(-c3ccc(NC(=O)N4CCNC(=O)C4)c(C(=O)N(C)C)c3)cc12. The highest BCUT2D eigenvalue weighted by Crippen LogP contribution is 2.36. The van der Waals surface area contributed by atoms with Crippen molar-refractivity contribution in [1.29, 1.82) is 0 Å². The third kappa shape index (κ3) is 5.75. The predicted octanol–water partition coefficient (Wildman–Crippen LogP) is 4.60. The molecule has 0 unspecified atom stereocenters. The third-order valence-electron chi connectivity index (χ3n) is 6.48. The first-order valence-electron chi connectivity index (χ1n) is 13.1. The molecule has 2 aromatic heterocycles. The van der Waals surface area contributed by atoms with E-state index < -0.39 is 6.03 Å². The van der Waals surface area contributed by atoms with E-state index >= 15 is 0 Å². The number of anilines is 1. The van der Waals surface area contributed by atoms with Gasteiger partial charge in [0.2, 0.25) is 5.91 Å². The van der Waals surface area contributed by atoms with Gasteiger partial charge < -0.3 is 30.2 Å². The molecule has 0 atom stereocenters. The molecule has 4 amide bonds. The average molecular weight is 543 g/mol. The Kier molecular flexibility index (Phi) is 8.68. The summed E-state index contributed by atoms with van der Waals surface area (Å²) >= 11 is 0. The summed E-state index contributed by atoms with van der Waals surface area (Å²) in [6, 6.07) is 14.7. The zero-order chi connectivity index (χ0) is 28.8. The summed E-state index contributed by atoms with van der Waals surface area (Å²) in [5.74, 6) is 0.277. The van der Waals surface area contributed by atoms with Gasteiger partial charge in [-0.05, 0) is 29.8 Å². The Labute approximate surface area is 233 Å².